The van der Waals surface area contributed by atoms with Gasteiger partial charge in [0.15, 0.2) is 0 Å². The third-order valence-corrected chi connectivity index (χ3v) is 2.71. The number of nitrogens with one attached hydrogen (secondary N) is 1. The van der Waals surface area contributed by atoms with Gasteiger partial charge in [0.1, 0.15) is 5.75 Å². The summed E-state index contributed by atoms with van der Waals surface area (Å²) in [6, 6.07) is 9.09. The molecule has 0 spiro atoms. The molecule has 1 N–H and O–H groups in total. The van der Waals surface area contributed by atoms with Gasteiger partial charge in [-0.3, -0.25) is 9.89 Å². The second-order valence-corrected chi connectivity index (χ2v) is 4.31. The molecule has 1 heterocycles. The van der Waals surface area contributed by atoms with E-state index < -0.39 is 0 Å². The Labute approximate surface area is 106 Å². The summed E-state index contributed by atoms with van der Waals surface area (Å²) in [5.41, 5.74) is 1.62. The first-order chi connectivity index (χ1) is 8.70. The molecule has 0 bridgehead atoms. The van der Waals surface area contributed by atoms with Crippen LogP contribution in [0.15, 0.2) is 35.1 Å². The molecule has 0 aliphatic carbocycles. The van der Waals surface area contributed by atoms with Crippen LogP contribution >= 0.6 is 0 Å². The zero-order valence-electron chi connectivity index (χ0n) is 10.8. The van der Waals surface area contributed by atoms with Gasteiger partial charge < -0.3 is 4.74 Å². The predicted molar refractivity (Wildman–Crippen MR) is 71.5 cm³/mol. The van der Waals surface area contributed by atoms with E-state index in [1.807, 2.05) is 31.2 Å². The molecule has 18 heavy (non-hydrogen) atoms. The topological polar surface area (TPSA) is 47.0 Å². The van der Waals surface area contributed by atoms with E-state index in [-0.39, 0.29) is 5.56 Å². The summed E-state index contributed by atoms with van der Waals surface area (Å²) in [6.07, 6.45) is 2.17. The molecule has 4 heteroatoms. The molecule has 1 aromatic carbocycles. The Morgan fingerprint density at radius 3 is 2.56 bits per heavy atom. The molecule has 96 valence electrons. The minimum Gasteiger partial charge on any atom is -0.494 e. The summed E-state index contributed by atoms with van der Waals surface area (Å²) in [5, 5.41) is 3.00. The van der Waals surface area contributed by atoms with E-state index in [0.29, 0.717) is 0 Å². The van der Waals surface area contributed by atoms with Gasteiger partial charge in [-0.2, -0.15) is 0 Å². The molecular formula is C14H18N2O2. The first kappa shape index (κ1) is 12.5. The lowest BCUT2D eigenvalue weighted by atomic mass is 10.3. The highest BCUT2D eigenvalue weighted by Crippen LogP contribution is 2.14. The molecule has 0 aliphatic heterocycles. The number of H-pyrrole nitrogens is 1. The lowest BCUT2D eigenvalue weighted by Gasteiger charge is -2.06. The minimum absolute atomic E-state index is 0.0489. The van der Waals surface area contributed by atoms with Gasteiger partial charge in [0.2, 0.25) is 0 Å². The zero-order valence-corrected chi connectivity index (χ0v) is 10.8. The average molecular weight is 246 g/mol. The quantitative estimate of drug-likeness (QED) is 0.824. The molecule has 0 saturated carbocycles. The number of aromatic amines is 1. The van der Waals surface area contributed by atoms with E-state index in [0.717, 1.165) is 36.6 Å². The maximum absolute atomic E-state index is 11.6. The molecule has 0 atom stereocenters. The van der Waals surface area contributed by atoms with E-state index in [4.69, 9.17) is 4.74 Å². The number of rotatable bonds is 5. The molecule has 0 saturated heterocycles. The van der Waals surface area contributed by atoms with Crippen molar-refractivity contribution in [2.24, 2.45) is 0 Å². The number of unbranched alkanes of at least 4 members (excludes halogenated alkanes) is 1. The molecule has 0 fully saturated rings. The molecule has 0 amide bonds. The Bertz CT molecular complexity index is 552. The highest BCUT2D eigenvalue weighted by atomic mass is 16.5. The number of aryl methyl sites for hydroxylation is 1. The standard InChI is InChI=1S/C14H18N2O2/c1-3-4-9-18-13-7-5-12(6-8-13)16-14(17)10-11(2)15-16/h5-8,10,15H,3-4,9H2,1-2H3. The third-order valence-electron chi connectivity index (χ3n) is 2.71. The van der Waals surface area contributed by atoms with E-state index in [9.17, 15) is 4.79 Å². The van der Waals surface area contributed by atoms with Crippen molar-refractivity contribution in [3.05, 3.63) is 46.4 Å². The van der Waals surface area contributed by atoms with E-state index >= 15 is 0 Å². The Kier molecular flexibility index (Phi) is 3.87. The number of hydrogen-bond acceptors (Lipinski definition) is 2. The highest BCUT2D eigenvalue weighted by Gasteiger charge is 2.02. The predicted octanol–water partition coefficient (Wildman–Crippen LogP) is 2.65. The number of ether oxygens (including phenoxy) is 1. The molecular weight excluding hydrogens is 228 g/mol. The lowest BCUT2D eigenvalue weighted by molar-refractivity contribution is 0.309. The molecule has 2 rings (SSSR count). The first-order valence-electron chi connectivity index (χ1n) is 6.22. The van der Waals surface area contributed by atoms with Gasteiger partial charge in [0.05, 0.1) is 12.3 Å². The number of benzene rings is 1. The fourth-order valence-electron chi connectivity index (χ4n) is 1.73. The summed E-state index contributed by atoms with van der Waals surface area (Å²) >= 11 is 0. The fourth-order valence-corrected chi connectivity index (χ4v) is 1.73. The second-order valence-electron chi connectivity index (χ2n) is 4.31. The van der Waals surface area contributed by atoms with Crippen LogP contribution in [0.1, 0.15) is 25.5 Å². The SMILES string of the molecule is CCCCOc1ccc(-n2[nH]c(C)cc2=O)cc1. The normalized spacial score (nSPS) is 10.6. The van der Waals surface area contributed by atoms with Crippen molar-refractivity contribution in [3.8, 4) is 11.4 Å². The van der Waals surface area contributed by atoms with Gasteiger partial charge in [-0.25, -0.2) is 4.68 Å². The maximum Gasteiger partial charge on any atom is 0.271 e. The van der Waals surface area contributed by atoms with Crippen LogP contribution in [0.2, 0.25) is 0 Å². The van der Waals surface area contributed by atoms with Crippen LogP contribution in [0.5, 0.6) is 5.75 Å². The van der Waals surface area contributed by atoms with Crippen LogP contribution in [0, 0.1) is 6.92 Å². The van der Waals surface area contributed by atoms with Crippen molar-refractivity contribution in [3.63, 3.8) is 0 Å². The second kappa shape index (κ2) is 5.58. The Morgan fingerprint density at radius 2 is 2.00 bits per heavy atom. The van der Waals surface area contributed by atoms with E-state index in [1.54, 1.807) is 6.07 Å². The summed E-state index contributed by atoms with van der Waals surface area (Å²) in [5.74, 6) is 0.837. The van der Waals surface area contributed by atoms with Gasteiger partial charge in [0, 0.05) is 11.8 Å². The summed E-state index contributed by atoms with van der Waals surface area (Å²) in [7, 11) is 0. The Hall–Kier alpha value is -1.97. The van der Waals surface area contributed by atoms with Gasteiger partial charge in [-0.15, -0.1) is 0 Å². The monoisotopic (exact) mass is 246 g/mol. The van der Waals surface area contributed by atoms with Crippen molar-refractivity contribution in [1.82, 2.24) is 9.78 Å². The Morgan fingerprint density at radius 1 is 1.28 bits per heavy atom. The lowest BCUT2D eigenvalue weighted by Crippen LogP contribution is -2.13. The van der Waals surface area contributed by atoms with Crippen molar-refractivity contribution < 1.29 is 4.74 Å². The molecule has 4 nitrogen and oxygen atoms in total. The van der Waals surface area contributed by atoms with Crippen molar-refractivity contribution in [2.45, 2.75) is 26.7 Å². The van der Waals surface area contributed by atoms with Crippen LogP contribution < -0.4 is 10.3 Å². The van der Waals surface area contributed by atoms with E-state index in [2.05, 4.69) is 12.0 Å². The molecule has 2 aromatic rings. The minimum atomic E-state index is -0.0489. The summed E-state index contributed by atoms with van der Waals surface area (Å²) < 4.78 is 7.09. The average Bonchev–Trinajstić information content (AvgIpc) is 2.70. The van der Waals surface area contributed by atoms with Crippen molar-refractivity contribution in [1.29, 1.82) is 0 Å². The van der Waals surface area contributed by atoms with Crippen molar-refractivity contribution >= 4 is 0 Å². The first-order valence-corrected chi connectivity index (χ1v) is 6.22. The molecule has 0 aliphatic rings. The molecule has 0 unspecified atom stereocenters. The van der Waals surface area contributed by atoms with Crippen LogP contribution in [0.25, 0.3) is 5.69 Å². The Balaban J connectivity index is 2.12. The summed E-state index contributed by atoms with van der Waals surface area (Å²) in [4.78, 5) is 11.6. The van der Waals surface area contributed by atoms with Gasteiger partial charge in [-0.1, -0.05) is 13.3 Å². The smallest absolute Gasteiger partial charge is 0.271 e. The van der Waals surface area contributed by atoms with Gasteiger partial charge in [0.25, 0.3) is 5.56 Å². The van der Waals surface area contributed by atoms with Gasteiger partial charge in [-0.05, 0) is 37.6 Å². The van der Waals surface area contributed by atoms with Gasteiger partial charge >= 0.3 is 0 Å². The van der Waals surface area contributed by atoms with Crippen LogP contribution in [0.4, 0.5) is 0 Å². The summed E-state index contributed by atoms with van der Waals surface area (Å²) in [6.45, 7) is 4.73. The zero-order chi connectivity index (χ0) is 13.0. The van der Waals surface area contributed by atoms with Crippen LogP contribution in [-0.2, 0) is 0 Å². The van der Waals surface area contributed by atoms with E-state index in [1.165, 1.54) is 4.68 Å². The highest BCUT2D eigenvalue weighted by molar-refractivity contribution is 5.36. The van der Waals surface area contributed by atoms with Crippen molar-refractivity contribution in [2.75, 3.05) is 6.61 Å². The molecule has 0 radical (unpaired) electrons. The largest absolute Gasteiger partial charge is 0.494 e. The third kappa shape index (κ3) is 2.83. The number of hydrogen-bond donors (Lipinski definition) is 1. The number of nitrogens with zero attached hydrogens (tertiary/aromatic N) is 1. The maximum atomic E-state index is 11.6. The fraction of sp³-hybridized carbons (Fsp3) is 0.357. The molecule has 1 aromatic heterocycles. The number of aromatic nitrogens is 2. The van der Waals surface area contributed by atoms with Crippen LogP contribution in [0.3, 0.4) is 0 Å². The van der Waals surface area contributed by atoms with Crippen LogP contribution in [-0.4, -0.2) is 16.4 Å².